The zero-order valence-electron chi connectivity index (χ0n) is 13.1. The average molecular weight is 259 g/mol. The number of hydrogen-bond acceptors (Lipinski definition) is 3. The van der Waals surface area contributed by atoms with Gasteiger partial charge in [0.25, 0.3) is 0 Å². The molecule has 2 atom stereocenters. The SMILES string of the molecule is CCCCC(CCC)OC(COCC)CN(C)C. The van der Waals surface area contributed by atoms with E-state index in [1.54, 1.807) is 0 Å². The lowest BCUT2D eigenvalue weighted by Crippen LogP contribution is -2.35. The molecule has 0 aliphatic heterocycles. The molecule has 0 saturated carbocycles. The van der Waals surface area contributed by atoms with Crippen molar-refractivity contribution in [1.82, 2.24) is 4.90 Å². The van der Waals surface area contributed by atoms with E-state index in [0.29, 0.717) is 12.7 Å². The molecule has 0 aromatic rings. The first-order chi connectivity index (χ1) is 8.63. The van der Waals surface area contributed by atoms with Gasteiger partial charge < -0.3 is 14.4 Å². The molecule has 0 amide bonds. The minimum atomic E-state index is 0.202. The van der Waals surface area contributed by atoms with Gasteiger partial charge in [-0.15, -0.1) is 0 Å². The van der Waals surface area contributed by atoms with Crippen LogP contribution in [-0.2, 0) is 9.47 Å². The van der Waals surface area contributed by atoms with Gasteiger partial charge in [-0.2, -0.15) is 0 Å². The highest BCUT2D eigenvalue weighted by Crippen LogP contribution is 2.14. The summed E-state index contributed by atoms with van der Waals surface area (Å²) in [5, 5.41) is 0. The van der Waals surface area contributed by atoms with E-state index in [9.17, 15) is 0 Å². The Bertz CT molecular complexity index is 174. The summed E-state index contributed by atoms with van der Waals surface area (Å²) in [5.74, 6) is 0. The van der Waals surface area contributed by atoms with Gasteiger partial charge in [-0.05, 0) is 33.9 Å². The van der Waals surface area contributed by atoms with Crippen LogP contribution in [-0.4, -0.2) is 51.0 Å². The lowest BCUT2D eigenvalue weighted by molar-refractivity contribution is -0.0695. The van der Waals surface area contributed by atoms with E-state index in [1.165, 1.54) is 25.7 Å². The second-order valence-corrected chi connectivity index (χ2v) is 5.23. The van der Waals surface area contributed by atoms with Crippen molar-refractivity contribution in [2.24, 2.45) is 0 Å². The maximum Gasteiger partial charge on any atom is 0.0938 e. The van der Waals surface area contributed by atoms with Crippen molar-refractivity contribution in [3.8, 4) is 0 Å². The second kappa shape index (κ2) is 11.9. The summed E-state index contributed by atoms with van der Waals surface area (Å²) in [5.41, 5.74) is 0. The number of ether oxygens (including phenoxy) is 2. The van der Waals surface area contributed by atoms with Gasteiger partial charge in [-0.3, -0.25) is 0 Å². The van der Waals surface area contributed by atoms with Crippen LogP contribution in [0.2, 0.25) is 0 Å². The van der Waals surface area contributed by atoms with Crippen molar-refractivity contribution >= 4 is 0 Å². The van der Waals surface area contributed by atoms with Crippen molar-refractivity contribution in [1.29, 1.82) is 0 Å². The molecule has 0 aromatic heterocycles. The van der Waals surface area contributed by atoms with E-state index in [-0.39, 0.29) is 6.10 Å². The Labute approximate surface area is 114 Å². The molecule has 0 heterocycles. The zero-order valence-corrected chi connectivity index (χ0v) is 13.1. The molecule has 0 aliphatic rings. The topological polar surface area (TPSA) is 21.7 Å². The number of rotatable bonds is 12. The summed E-state index contributed by atoms with van der Waals surface area (Å²) in [4.78, 5) is 2.17. The lowest BCUT2D eigenvalue weighted by atomic mass is 10.1. The van der Waals surface area contributed by atoms with Crippen molar-refractivity contribution in [2.45, 2.75) is 65.1 Å². The van der Waals surface area contributed by atoms with Crippen LogP contribution in [0, 0.1) is 0 Å². The summed E-state index contributed by atoms with van der Waals surface area (Å²) in [6.45, 7) is 8.91. The van der Waals surface area contributed by atoms with E-state index >= 15 is 0 Å². The third-order valence-corrected chi connectivity index (χ3v) is 2.95. The summed E-state index contributed by atoms with van der Waals surface area (Å²) >= 11 is 0. The van der Waals surface area contributed by atoms with Gasteiger partial charge in [0.1, 0.15) is 0 Å². The number of likely N-dealkylation sites (N-methyl/N-ethyl adjacent to an activating group) is 1. The third kappa shape index (κ3) is 9.86. The molecule has 3 heteroatoms. The summed E-state index contributed by atoms with van der Waals surface area (Å²) < 4.78 is 11.8. The Morgan fingerprint density at radius 1 is 0.944 bits per heavy atom. The normalized spacial score (nSPS) is 15.0. The minimum absolute atomic E-state index is 0.202. The maximum atomic E-state index is 6.24. The molecule has 0 radical (unpaired) electrons. The van der Waals surface area contributed by atoms with Crippen molar-refractivity contribution in [2.75, 3.05) is 33.9 Å². The minimum Gasteiger partial charge on any atom is -0.379 e. The quantitative estimate of drug-likeness (QED) is 0.536. The fraction of sp³-hybridized carbons (Fsp3) is 1.00. The Kier molecular flexibility index (Phi) is 11.9. The van der Waals surface area contributed by atoms with Crippen LogP contribution in [0.4, 0.5) is 0 Å². The Hall–Kier alpha value is -0.120. The third-order valence-electron chi connectivity index (χ3n) is 2.95. The maximum absolute atomic E-state index is 6.24. The van der Waals surface area contributed by atoms with Gasteiger partial charge >= 0.3 is 0 Å². The van der Waals surface area contributed by atoms with Crippen LogP contribution in [0.15, 0.2) is 0 Å². The van der Waals surface area contributed by atoms with Crippen LogP contribution >= 0.6 is 0 Å². The molecule has 3 nitrogen and oxygen atoms in total. The fourth-order valence-electron chi connectivity index (χ4n) is 2.10. The Balaban J connectivity index is 4.18. The molecular weight excluding hydrogens is 226 g/mol. The Morgan fingerprint density at radius 2 is 1.67 bits per heavy atom. The van der Waals surface area contributed by atoms with Crippen molar-refractivity contribution < 1.29 is 9.47 Å². The zero-order chi connectivity index (χ0) is 13.8. The number of hydrogen-bond donors (Lipinski definition) is 0. The summed E-state index contributed by atoms with van der Waals surface area (Å²) in [6, 6.07) is 0. The molecule has 0 fully saturated rings. The molecule has 2 unspecified atom stereocenters. The van der Waals surface area contributed by atoms with Crippen LogP contribution in [0.1, 0.15) is 52.9 Å². The van der Waals surface area contributed by atoms with E-state index in [0.717, 1.165) is 19.6 Å². The number of unbranched alkanes of at least 4 members (excludes halogenated alkanes) is 1. The summed E-state index contributed by atoms with van der Waals surface area (Å²) in [6.07, 6.45) is 6.64. The monoisotopic (exact) mass is 259 g/mol. The van der Waals surface area contributed by atoms with E-state index in [1.807, 2.05) is 6.92 Å². The highest BCUT2D eigenvalue weighted by atomic mass is 16.5. The highest BCUT2D eigenvalue weighted by molar-refractivity contribution is 4.66. The molecular formula is C15H33NO2. The standard InChI is InChI=1S/C15H33NO2/c1-6-9-11-14(10-7-2)18-15(12-16(4)5)13-17-8-3/h14-15H,6-13H2,1-5H3. The molecule has 18 heavy (non-hydrogen) atoms. The lowest BCUT2D eigenvalue weighted by Gasteiger charge is -2.27. The first-order valence-corrected chi connectivity index (χ1v) is 7.51. The first-order valence-electron chi connectivity index (χ1n) is 7.51. The van der Waals surface area contributed by atoms with Gasteiger partial charge in [0, 0.05) is 13.2 Å². The van der Waals surface area contributed by atoms with Gasteiger partial charge in [-0.25, -0.2) is 0 Å². The smallest absolute Gasteiger partial charge is 0.0938 e. The van der Waals surface area contributed by atoms with E-state index < -0.39 is 0 Å². The van der Waals surface area contributed by atoms with Gasteiger partial charge in [0.05, 0.1) is 18.8 Å². The first kappa shape index (κ1) is 17.9. The van der Waals surface area contributed by atoms with Crippen LogP contribution < -0.4 is 0 Å². The molecule has 0 rings (SSSR count). The van der Waals surface area contributed by atoms with Crippen molar-refractivity contribution in [3.63, 3.8) is 0 Å². The van der Waals surface area contributed by atoms with Crippen LogP contribution in [0.3, 0.4) is 0 Å². The van der Waals surface area contributed by atoms with Gasteiger partial charge in [-0.1, -0.05) is 33.1 Å². The van der Waals surface area contributed by atoms with Gasteiger partial charge in [0.15, 0.2) is 0 Å². The fourth-order valence-corrected chi connectivity index (χ4v) is 2.10. The molecule has 0 aromatic carbocycles. The molecule has 110 valence electrons. The molecule has 0 spiro atoms. The molecule has 0 saturated heterocycles. The van der Waals surface area contributed by atoms with Crippen molar-refractivity contribution in [3.05, 3.63) is 0 Å². The average Bonchev–Trinajstić information content (AvgIpc) is 2.32. The van der Waals surface area contributed by atoms with Crippen LogP contribution in [0.25, 0.3) is 0 Å². The second-order valence-electron chi connectivity index (χ2n) is 5.23. The highest BCUT2D eigenvalue weighted by Gasteiger charge is 2.17. The largest absolute Gasteiger partial charge is 0.379 e. The molecule has 0 bridgehead atoms. The van der Waals surface area contributed by atoms with Crippen LogP contribution in [0.5, 0.6) is 0 Å². The van der Waals surface area contributed by atoms with E-state index in [2.05, 4.69) is 32.8 Å². The predicted octanol–water partition coefficient (Wildman–Crippen LogP) is 3.33. The molecule has 0 N–H and O–H groups in total. The Morgan fingerprint density at radius 3 is 2.17 bits per heavy atom. The van der Waals surface area contributed by atoms with E-state index in [4.69, 9.17) is 9.47 Å². The predicted molar refractivity (Wildman–Crippen MR) is 78.1 cm³/mol. The summed E-state index contributed by atoms with van der Waals surface area (Å²) in [7, 11) is 4.17. The molecule has 0 aliphatic carbocycles. The van der Waals surface area contributed by atoms with Gasteiger partial charge in [0.2, 0.25) is 0 Å². The number of nitrogens with zero attached hydrogens (tertiary/aromatic N) is 1.